The first-order valence-electron chi connectivity index (χ1n) is 5.40. The lowest BCUT2D eigenvalue weighted by Gasteiger charge is -2.01. The number of nitrogens with zero attached hydrogens (tertiary/aromatic N) is 1. The summed E-state index contributed by atoms with van der Waals surface area (Å²) in [6.07, 6.45) is 2.38. The molecule has 4 heteroatoms. The number of hydrazine groups is 1. The van der Waals surface area contributed by atoms with Gasteiger partial charge in [-0.05, 0) is 30.4 Å². The third-order valence-electron chi connectivity index (χ3n) is 2.65. The lowest BCUT2D eigenvalue weighted by molar-refractivity contribution is 0.975. The Morgan fingerprint density at radius 3 is 2.88 bits per heavy atom. The van der Waals surface area contributed by atoms with Crippen molar-refractivity contribution in [3.05, 3.63) is 35.2 Å². The Balaban J connectivity index is 2.03. The van der Waals surface area contributed by atoms with E-state index < -0.39 is 0 Å². The largest absolute Gasteiger partial charge is 0.308 e. The van der Waals surface area contributed by atoms with Gasteiger partial charge in [-0.25, -0.2) is 5.84 Å². The maximum absolute atomic E-state index is 5.53. The molecule has 1 aliphatic carbocycles. The van der Waals surface area contributed by atoms with Gasteiger partial charge in [-0.15, -0.1) is 11.3 Å². The van der Waals surface area contributed by atoms with E-state index in [1.54, 1.807) is 11.3 Å². The van der Waals surface area contributed by atoms with Crippen LogP contribution in [0, 0.1) is 0 Å². The molecule has 0 aliphatic heterocycles. The fraction of sp³-hybridized carbons (Fsp3) is 0.250. The zero-order chi connectivity index (χ0) is 11.0. The Kier molecular flexibility index (Phi) is 2.38. The van der Waals surface area contributed by atoms with Crippen molar-refractivity contribution < 1.29 is 0 Å². The van der Waals surface area contributed by atoms with Crippen LogP contribution in [0.5, 0.6) is 0 Å². The summed E-state index contributed by atoms with van der Waals surface area (Å²) in [6.45, 7) is 0. The number of hydrogen-bond acceptors (Lipinski definition) is 3. The summed E-state index contributed by atoms with van der Waals surface area (Å²) < 4.78 is 1.27. The van der Waals surface area contributed by atoms with Gasteiger partial charge >= 0.3 is 0 Å². The first kappa shape index (κ1) is 9.81. The topological polar surface area (TPSA) is 50.4 Å². The van der Waals surface area contributed by atoms with Crippen LogP contribution in [0.15, 0.2) is 35.3 Å². The molecule has 1 fully saturated rings. The molecule has 3 rings (SSSR count). The van der Waals surface area contributed by atoms with Crippen LogP contribution in [0.1, 0.15) is 17.7 Å². The van der Waals surface area contributed by atoms with E-state index in [2.05, 4.69) is 34.7 Å². The summed E-state index contributed by atoms with van der Waals surface area (Å²) in [7, 11) is 0. The van der Waals surface area contributed by atoms with Crippen molar-refractivity contribution >= 4 is 27.3 Å². The second-order valence-electron chi connectivity index (χ2n) is 4.00. The second kappa shape index (κ2) is 3.88. The van der Waals surface area contributed by atoms with Gasteiger partial charge in [0.15, 0.2) is 5.84 Å². The van der Waals surface area contributed by atoms with Gasteiger partial charge in [0.1, 0.15) is 0 Å². The molecule has 0 radical (unpaired) electrons. The first-order chi connectivity index (χ1) is 7.86. The molecule has 1 saturated carbocycles. The summed E-state index contributed by atoms with van der Waals surface area (Å²) in [5.74, 6) is 6.35. The molecule has 0 atom stereocenters. The summed E-state index contributed by atoms with van der Waals surface area (Å²) in [5.41, 5.74) is 2.71. The van der Waals surface area contributed by atoms with Crippen LogP contribution in [0.3, 0.4) is 0 Å². The van der Waals surface area contributed by atoms with E-state index in [0.29, 0.717) is 6.04 Å². The summed E-state index contributed by atoms with van der Waals surface area (Å²) in [4.78, 5) is 5.68. The predicted molar refractivity (Wildman–Crippen MR) is 68.7 cm³/mol. The highest BCUT2D eigenvalue weighted by Gasteiger charge is 2.21. The van der Waals surface area contributed by atoms with Gasteiger partial charge in [-0.3, -0.25) is 4.99 Å². The van der Waals surface area contributed by atoms with Crippen LogP contribution in [-0.4, -0.2) is 11.9 Å². The number of benzene rings is 1. The van der Waals surface area contributed by atoms with Crippen molar-refractivity contribution in [2.24, 2.45) is 10.8 Å². The van der Waals surface area contributed by atoms with Crippen molar-refractivity contribution in [3.63, 3.8) is 0 Å². The van der Waals surface area contributed by atoms with Gasteiger partial charge in [0, 0.05) is 4.70 Å². The maximum Gasteiger partial charge on any atom is 0.153 e. The molecular formula is C12H13N3S. The van der Waals surface area contributed by atoms with E-state index in [1.807, 2.05) is 6.07 Å². The Morgan fingerprint density at radius 2 is 2.19 bits per heavy atom. The van der Waals surface area contributed by atoms with Crippen LogP contribution in [0.2, 0.25) is 0 Å². The third-order valence-corrected chi connectivity index (χ3v) is 3.78. The fourth-order valence-electron chi connectivity index (χ4n) is 1.66. The molecule has 1 aliphatic rings. The standard InChI is InChI=1S/C12H13N3S/c13-15-12(14-9-5-6-9)11-7-8-3-1-2-4-10(8)16-11/h1-4,7,9H,5-6,13H2,(H,14,15). The number of amidine groups is 1. The zero-order valence-corrected chi connectivity index (χ0v) is 9.63. The van der Waals surface area contributed by atoms with E-state index in [0.717, 1.165) is 10.7 Å². The van der Waals surface area contributed by atoms with Crippen molar-refractivity contribution in [1.29, 1.82) is 0 Å². The van der Waals surface area contributed by atoms with E-state index in [1.165, 1.54) is 22.9 Å². The number of aliphatic imine (C=N–C) groups is 1. The summed E-state index contributed by atoms with van der Waals surface area (Å²) in [5, 5.41) is 1.25. The Morgan fingerprint density at radius 1 is 1.38 bits per heavy atom. The van der Waals surface area contributed by atoms with Crippen LogP contribution in [-0.2, 0) is 0 Å². The van der Waals surface area contributed by atoms with E-state index in [9.17, 15) is 0 Å². The number of nitrogens with two attached hydrogens (primary N) is 1. The predicted octanol–water partition coefficient (Wildman–Crippen LogP) is 2.27. The Bertz CT molecular complexity index is 507. The van der Waals surface area contributed by atoms with Gasteiger partial charge < -0.3 is 5.43 Å². The molecule has 3 nitrogen and oxygen atoms in total. The van der Waals surface area contributed by atoms with Crippen LogP contribution < -0.4 is 11.3 Å². The Labute approximate surface area is 98.0 Å². The summed E-state index contributed by atoms with van der Waals surface area (Å²) >= 11 is 1.73. The number of hydrogen-bond donors (Lipinski definition) is 2. The van der Waals surface area contributed by atoms with Crippen molar-refractivity contribution in [3.8, 4) is 0 Å². The minimum absolute atomic E-state index is 0.483. The lowest BCUT2D eigenvalue weighted by Crippen LogP contribution is -2.30. The average Bonchev–Trinajstić information content (AvgIpc) is 3.02. The van der Waals surface area contributed by atoms with Crippen molar-refractivity contribution in [1.82, 2.24) is 5.43 Å². The highest BCUT2D eigenvalue weighted by atomic mass is 32.1. The van der Waals surface area contributed by atoms with Crippen molar-refractivity contribution in [2.75, 3.05) is 0 Å². The molecule has 16 heavy (non-hydrogen) atoms. The first-order valence-corrected chi connectivity index (χ1v) is 6.22. The maximum atomic E-state index is 5.53. The molecule has 0 saturated heterocycles. The van der Waals surface area contributed by atoms with E-state index in [4.69, 9.17) is 5.84 Å². The van der Waals surface area contributed by atoms with Gasteiger partial charge in [-0.2, -0.15) is 0 Å². The van der Waals surface area contributed by atoms with Gasteiger partial charge in [-0.1, -0.05) is 18.2 Å². The van der Waals surface area contributed by atoms with Gasteiger partial charge in [0.2, 0.25) is 0 Å². The third kappa shape index (κ3) is 1.81. The second-order valence-corrected chi connectivity index (χ2v) is 5.09. The lowest BCUT2D eigenvalue weighted by atomic mass is 10.2. The number of fused-ring (bicyclic) bond motifs is 1. The van der Waals surface area contributed by atoms with Crippen LogP contribution >= 0.6 is 11.3 Å². The molecule has 1 heterocycles. The zero-order valence-electron chi connectivity index (χ0n) is 8.81. The molecule has 1 aromatic carbocycles. The molecular weight excluding hydrogens is 218 g/mol. The van der Waals surface area contributed by atoms with Crippen LogP contribution in [0.25, 0.3) is 10.1 Å². The average molecular weight is 231 g/mol. The van der Waals surface area contributed by atoms with Gasteiger partial charge in [0.25, 0.3) is 0 Å². The minimum atomic E-state index is 0.483. The van der Waals surface area contributed by atoms with Gasteiger partial charge in [0.05, 0.1) is 10.9 Å². The SMILES string of the molecule is NNC(=NC1CC1)c1cc2ccccc2s1. The molecule has 1 aromatic heterocycles. The van der Waals surface area contributed by atoms with Crippen molar-refractivity contribution in [2.45, 2.75) is 18.9 Å². The monoisotopic (exact) mass is 231 g/mol. The molecule has 2 aromatic rings. The number of rotatable bonds is 2. The summed E-state index contributed by atoms with van der Waals surface area (Å²) in [6, 6.07) is 11.0. The highest BCUT2D eigenvalue weighted by molar-refractivity contribution is 7.20. The number of nitrogens with one attached hydrogen (secondary N) is 1. The normalized spacial score (nSPS) is 16.7. The molecule has 0 spiro atoms. The molecule has 0 amide bonds. The van der Waals surface area contributed by atoms with E-state index in [-0.39, 0.29) is 0 Å². The smallest absolute Gasteiger partial charge is 0.153 e. The molecule has 82 valence electrons. The number of thiophene rings is 1. The molecule has 3 N–H and O–H groups in total. The fourth-order valence-corrected chi connectivity index (χ4v) is 2.68. The molecule has 0 unspecified atom stereocenters. The minimum Gasteiger partial charge on any atom is -0.308 e. The highest BCUT2D eigenvalue weighted by Crippen LogP contribution is 2.28. The molecule has 0 bridgehead atoms. The quantitative estimate of drug-likeness (QED) is 0.360. The Hall–Kier alpha value is -1.39. The van der Waals surface area contributed by atoms with E-state index >= 15 is 0 Å². The van der Waals surface area contributed by atoms with Crippen LogP contribution in [0.4, 0.5) is 0 Å².